The van der Waals surface area contributed by atoms with Crippen molar-refractivity contribution in [3.63, 3.8) is 0 Å². The monoisotopic (exact) mass is 238 g/mol. The number of nitro benzene ring substituents is 1. The molecule has 0 aromatic heterocycles. The van der Waals surface area contributed by atoms with Crippen LogP contribution in [0.25, 0.3) is 0 Å². The summed E-state index contributed by atoms with van der Waals surface area (Å²) in [5, 5.41) is 21.1. The molecule has 0 bridgehead atoms. The smallest absolute Gasteiger partial charge is 0.358 e. The van der Waals surface area contributed by atoms with Crippen molar-refractivity contribution >= 4 is 17.6 Å². The lowest BCUT2D eigenvalue weighted by atomic mass is 10.2. The summed E-state index contributed by atoms with van der Waals surface area (Å²) in [5.74, 6) is -0.832. The number of amidine groups is 1. The Balaban J connectivity index is 3.29. The predicted octanol–water partition coefficient (Wildman–Crippen LogP) is 0.697. The number of amides is 2. The van der Waals surface area contributed by atoms with Crippen LogP contribution in [-0.4, -0.2) is 21.7 Å². The number of hydrogen-bond donors (Lipinski definition) is 1. The fraction of sp³-hybridized carbons (Fsp3) is 0. The molecule has 0 aliphatic heterocycles. The van der Waals surface area contributed by atoms with E-state index in [1.165, 1.54) is 12.1 Å². The number of rotatable bonds is 2. The van der Waals surface area contributed by atoms with Crippen molar-refractivity contribution in [1.82, 2.24) is 0 Å². The maximum absolute atomic E-state index is 10.6. The van der Waals surface area contributed by atoms with Gasteiger partial charge in [-0.3, -0.25) is 10.1 Å². The van der Waals surface area contributed by atoms with E-state index >= 15 is 0 Å². The average Bonchev–Trinajstić information content (AvgIpc) is 2.25. The van der Waals surface area contributed by atoms with E-state index in [4.69, 9.17) is 5.73 Å². The summed E-state index contributed by atoms with van der Waals surface area (Å²) in [6.07, 6.45) is 0. The molecule has 0 aliphatic rings. The van der Waals surface area contributed by atoms with Gasteiger partial charge in [0.25, 0.3) is 5.69 Å². The van der Waals surface area contributed by atoms with Crippen molar-refractivity contribution in [3.8, 4) is 0 Å². The van der Waals surface area contributed by atoms with Gasteiger partial charge in [-0.25, -0.2) is 4.79 Å². The molecule has 1 rings (SSSR count). The number of hydrogen-bond acceptors (Lipinski definition) is 5. The van der Waals surface area contributed by atoms with Gasteiger partial charge in [0.1, 0.15) is 0 Å². The minimum Gasteiger partial charge on any atom is -0.358 e. The number of nitro groups is 2. The lowest BCUT2D eigenvalue weighted by molar-refractivity contribution is -0.385. The van der Waals surface area contributed by atoms with Gasteiger partial charge in [-0.15, -0.1) is 0 Å². The summed E-state index contributed by atoms with van der Waals surface area (Å²) in [7, 11) is 0. The molecule has 0 spiro atoms. The molecule has 0 aliphatic carbocycles. The van der Waals surface area contributed by atoms with Gasteiger partial charge in [0, 0.05) is 17.1 Å². The second kappa shape index (κ2) is 4.79. The van der Waals surface area contributed by atoms with Crippen LogP contribution in [0.15, 0.2) is 29.3 Å². The Morgan fingerprint density at radius 1 is 1.29 bits per heavy atom. The number of primary amides is 1. The summed E-state index contributed by atoms with van der Waals surface area (Å²) >= 11 is 0. The Hall–Kier alpha value is -2.84. The molecular weight excluding hydrogens is 232 g/mol. The molecule has 88 valence electrons. The van der Waals surface area contributed by atoms with Crippen LogP contribution < -0.4 is 5.73 Å². The van der Waals surface area contributed by atoms with Crippen LogP contribution in [0.3, 0.4) is 0 Å². The van der Waals surface area contributed by atoms with Gasteiger partial charge in [-0.05, 0) is 11.0 Å². The number of carbonyl (C=O) groups is 1. The largest absolute Gasteiger partial charge is 0.448 e. The van der Waals surface area contributed by atoms with Gasteiger partial charge in [0.15, 0.2) is 0 Å². The highest BCUT2D eigenvalue weighted by Crippen LogP contribution is 2.14. The number of nitrogens with two attached hydrogens (primary N) is 1. The summed E-state index contributed by atoms with van der Waals surface area (Å²) in [5.41, 5.74) is 4.19. The van der Waals surface area contributed by atoms with E-state index in [9.17, 15) is 25.0 Å². The molecule has 0 saturated carbocycles. The van der Waals surface area contributed by atoms with E-state index in [1.54, 1.807) is 0 Å². The minimum atomic E-state index is -1.25. The van der Waals surface area contributed by atoms with Gasteiger partial charge in [0.2, 0.25) is 0 Å². The second-order valence-electron chi connectivity index (χ2n) is 2.84. The number of nitrogens with zero attached hydrogens (tertiary/aromatic N) is 3. The third kappa shape index (κ3) is 3.06. The first-order valence-electron chi connectivity index (χ1n) is 4.19. The Bertz CT molecular complexity index is 524. The van der Waals surface area contributed by atoms with Crippen LogP contribution in [0.1, 0.15) is 5.56 Å². The standard InChI is InChI=1S/C8H6N4O5/c9-8(13)10-7(12(16)17)5-2-1-3-6(4-5)11(14)15/h1-4H,(H2,9,13). The molecule has 17 heavy (non-hydrogen) atoms. The highest BCUT2D eigenvalue weighted by atomic mass is 16.6. The molecule has 2 N–H and O–H groups in total. The zero-order valence-electron chi connectivity index (χ0n) is 8.27. The first-order valence-corrected chi connectivity index (χ1v) is 4.19. The Kier molecular flexibility index (Phi) is 3.44. The van der Waals surface area contributed by atoms with E-state index in [2.05, 4.69) is 4.99 Å². The topological polar surface area (TPSA) is 142 Å². The summed E-state index contributed by atoms with van der Waals surface area (Å²) in [6, 6.07) is 3.31. The lowest BCUT2D eigenvalue weighted by Crippen LogP contribution is -2.18. The molecule has 0 radical (unpaired) electrons. The van der Waals surface area contributed by atoms with Crippen LogP contribution in [-0.2, 0) is 0 Å². The summed E-state index contributed by atoms with van der Waals surface area (Å²) in [4.78, 5) is 32.9. The normalized spacial score (nSPS) is 10.9. The minimum absolute atomic E-state index is 0.164. The zero-order chi connectivity index (χ0) is 13.0. The fourth-order valence-corrected chi connectivity index (χ4v) is 1.07. The quantitative estimate of drug-likeness (QED) is 0.349. The van der Waals surface area contributed by atoms with Crippen molar-refractivity contribution < 1.29 is 14.6 Å². The van der Waals surface area contributed by atoms with Gasteiger partial charge in [0.05, 0.1) is 10.5 Å². The number of urea groups is 1. The van der Waals surface area contributed by atoms with Crippen LogP contribution in [0, 0.1) is 20.2 Å². The van der Waals surface area contributed by atoms with E-state index in [1.807, 2.05) is 0 Å². The maximum atomic E-state index is 10.6. The molecule has 0 atom stereocenters. The lowest BCUT2D eigenvalue weighted by Gasteiger charge is -1.97. The van der Waals surface area contributed by atoms with Crippen LogP contribution in [0.4, 0.5) is 10.5 Å². The van der Waals surface area contributed by atoms with Gasteiger partial charge in [-0.1, -0.05) is 6.07 Å². The first-order chi connectivity index (χ1) is 7.91. The molecule has 0 fully saturated rings. The molecule has 0 saturated heterocycles. The summed E-state index contributed by atoms with van der Waals surface area (Å²) < 4.78 is 0. The number of benzene rings is 1. The van der Waals surface area contributed by atoms with Crippen LogP contribution in [0.2, 0.25) is 0 Å². The molecule has 1 aromatic carbocycles. The molecular formula is C8H6N4O5. The third-order valence-electron chi connectivity index (χ3n) is 1.70. The Morgan fingerprint density at radius 3 is 2.41 bits per heavy atom. The number of carbonyl (C=O) groups excluding carboxylic acids is 1. The summed E-state index contributed by atoms with van der Waals surface area (Å²) in [6.45, 7) is 0. The second-order valence-corrected chi connectivity index (χ2v) is 2.84. The van der Waals surface area contributed by atoms with E-state index in [0.717, 1.165) is 12.1 Å². The molecule has 9 nitrogen and oxygen atoms in total. The van der Waals surface area contributed by atoms with Crippen molar-refractivity contribution in [3.05, 3.63) is 50.1 Å². The molecule has 9 heteroatoms. The van der Waals surface area contributed by atoms with Gasteiger partial charge < -0.3 is 15.8 Å². The third-order valence-corrected chi connectivity index (χ3v) is 1.70. The Morgan fingerprint density at radius 2 is 1.94 bits per heavy atom. The molecule has 2 amide bonds. The fourth-order valence-electron chi connectivity index (χ4n) is 1.07. The van der Waals surface area contributed by atoms with Crippen LogP contribution in [0.5, 0.6) is 0 Å². The van der Waals surface area contributed by atoms with E-state index in [0.29, 0.717) is 0 Å². The van der Waals surface area contributed by atoms with E-state index in [-0.39, 0.29) is 11.3 Å². The zero-order valence-corrected chi connectivity index (χ0v) is 8.27. The highest BCUT2D eigenvalue weighted by Gasteiger charge is 2.20. The van der Waals surface area contributed by atoms with Gasteiger partial charge >= 0.3 is 11.9 Å². The Labute approximate surface area is 93.9 Å². The SMILES string of the molecule is NC(=O)N=C(c1cccc([N+](=O)[O-])c1)[N+](=O)[O-]. The van der Waals surface area contributed by atoms with Gasteiger partial charge in [-0.2, -0.15) is 0 Å². The predicted molar refractivity (Wildman–Crippen MR) is 56.2 cm³/mol. The number of aliphatic imine (C=N–C) groups is 1. The maximum Gasteiger partial charge on any atom is 0.448 e. The van der Waals surface area contributed by atoms with Crippen molar-refractivity contribution in [1.29, 1.82) is 0 Å². The van der Waals surface area contributed by atoms with Crippen LogP contribution >= 0.6 is 0 Å². The highest BCUT2D eigenvalue weighted by molar-refractivity contribution is 5.99. The molecule has 0 heterocycles. The average molecular weight is 238 g/mol. The van der Waals surface area contributed by atoms with E-state index < -0.39 is 21.7 Å². The molecule has 1 aromatic rings. The van der Waals surface area contributed by atoms with Crippen molar-refractivity contribution in [2.45, 2.75) is 0 Å². The number of non-ortho nitro benzene ring substituents is 1. The first kappa shape index (κ1) is 12.2. The van der Waals surface area contributed by atoms with Crippen molar-refractivity contribution in [2.24, 2.45) is 10.7 Å². The molecule has 0 unspecified atom stereocenters. The van der Waals surface area contributed by atoms with Crippen molar-refractivity contribution in [2.75, 3.05) is 0 Å².